The molecule has 0 aliphatic heterocycles. The SMILES string of the molecule is Cc1nnc(COc2ccccc2Cl)s1. The maximum Gasteiger partial charge on any atom is 0.155 e. The average Bonchev–Trinajstić information content (AvgIpc) is 2.63. The maximum atomic E-state index is 5.94. The van der Waals surface area contributed by atoms with Gasteiger partial charge in [-0.05, 0) is 19.1 Å². The van der Waals surface area contributed by atoms with Crippen LogP contribution in [0.25, 0.3) is 0 Å². The first-order valence-electron chi connectivity index (χ1n) is 4.42. The first-order valence-corrected chi connectivity index (χ1v) is 5.61. The van der Waals surface area contributed by atoms with Crippen LogP contribution in [0, 0.1) is 6.92 Å². The highest BCUT2D eigenvalue weighted by Gasteiger charge is 2.03. The molecule has 0 saturated carbocycles. The summed E-state index contributed by atoms with van der Waals surface area (Å²) in [5.74, 6) is 0.673. The lowest BCUT2D eigenvalue weighted by Crippen LogP contribution is -1.95. The zero-order valence-electron chi connectivity index (χ0n) is 8.11. The van der Waals surface area contributed by atoms with Gasteiger partial charge in [-0.25, -0.2) is 0 Å². The van der Waals surface area contributed by atoms with Crippen LogP contribution in [0.5, 0.6) is 5.75 Å². The molecule has 2 rings (SSSR count). The van der Waals surface area contributed by atoms with Crippen LogP contribution in [0.2, 0.25) is 5.02 Å². The number of hydrogen-bond donors (Lipinski definition) is 0. The highest BCUT2D eigenvalue weighted by Crippen LogP contribution is 2.24. The van der Waals surface area contributed by atoms with Gasteiger partial charge in [-0.1, -0.05) is 35.1 Å². The van der Waals surface area contributed by atoms with Gasteiger partial charge < -0.3 is 4.74 Å². The second-order valence-corrected chi connectivity index (χ2v) is 4.61. The van der Waals surface area contributed by atoms with Crippen LogP contribution < -0.4 is 4.74 Å². The summed E-state index contributed by atoms with van der Waals surface area (Å²) in [6.45, 7) is 2.33. The van der Waals surface area contributed by atoms with Crippen molar-refractivity contribution in [3.63, 3.8) is 0 Å². The molecule has 0 amide bonds. The summed E-state index contributed by atoms with van der Waals surface area (Å²) >= 11 is 7.46. The molecular weight excluding hydrogens is 232 g/mol. The van der Waals surface area contributed by atoms with E-state index in [1.54, 1.807) is 6.07 Å². The molecule has 15 heavy (non-hydrogen) atoms. The van der Waals surface area contributed by atoms with E-state index in [0.29, 0.717) is 17.4 Å². The number of rotatable bonds is 3. The zero-order valence-corrected chi connectivity index (χ0v) is 9.68. The van der Waals surface area contributed by atoms with Crippen LogP contribution >= 0.6 is 22.9 Å². The molecule has 0 saturated heterocycles. The van der Waals surface area contributed by atoms with Crippen molar-refractivity contribution in [2.75, 3.05) is 0 Å². The molecule has 0 bridgehead atoms. The van der Waals surface area contributed by atoms with Crippen molar-refractivity contribution in [3.05, 3.63) is 39.3 Å². The highest BCUT2D eigenvalue weighted by atomic mass is 35.5. The number of halogens is 1. The minimum absolute atomic E-state index is 0.412. The molecule has 5 heteroatoms. The Labute approximate surface area is 96.7 Å². The molecule has 0 fully saturated rings. The number of ether oxygens (including phenoxy) is 1. The molecular formula is C10H9ClN2OS. The molecule has 78 valence electrons. The van der Waals surface area contributed by atoms with Crippen LogP contribution in [0.1, 0.15) is 10.0 Å². The first kappa shape index (κ1) is 10.4. The predicted molar refractivity (Wildman–Crippen MR) is 60.4 cm³/mol. The summed E-state index contributed by atoms with van der Waals surface area (Å²) in [6.07, 6.45) is 0. The number of benzene rings is 1. The molecule has 0 aliphatic rings. The Morgan fingerprint density at radius 1 is 1.33 bits per heavy atom. The molecule has 2 aromatic rings. The van der Waals surface area contributed by atoms with Crippen LogP contribution in [-0.2, 0) is 6.61 Å². The van der Waals surface area contributed by atoms with E-state index in [9.17, 15) is 0 Å². The van der Waals surface area contributed by atoms with E-state index in [-0.39, 0.29) is 0 Å². The fourth-order valence-corrected chi connectivity index (χ4v) is 1.91. The second-order valence-electron chi connectivity index (χ2n) is 2.93. The molecule has 3 nitrogen and oxygen atoms in total. The van der Waals surface area contributed by atoms with Crippen LogP contribution in [0.15, 0.2) is 24.3 Å². The van der Waals surface area contributed by atoms with Crippen LogP contribution in [0.3, 0.4) is 0 Å². The van der Waals surface area contributed by atoms with E-state index in [2.05, 4.69) is 10.2 Å². The minimum atomic E-state index is 0.412. The third kappa shape index (κ3) is 2.67. The zero-order chi connectivity index (χ0) is 10.7. The number of aromatic nitrogens is 2. The summed E-state index contributed by atoms with van der Waals surface area (Å²) in [5.41, 5.74) is 0. The molecule has 0 aliphatic carbocycles. The van der Waals surface area contributed by atoms with E-state index < -0.39 is 0 Å². The number of hydrogen-bond acceptors (Lipinski definition) is 4. The summed E-state index contributed by atoms with van der Waals surface area (Å²) in [5, 5.41) is 10.3. The Hall–Kier alpha value is -1.13. The Morgan fingerprint density at radius 2 is 2.13 bits per heavy atom. The fourth-order valence-electron chi connectivity index (χ4n) is 1.10. The fraction of sp³-hybridized carbons (Fsp3) is 0.200. The minimum Gasteiger partial charge on any atom is -0.485 e. The Bertz CT molecular complexity index is 458. The standard InChI is InChI=1S/C10H9ClN2OS/c1-7-12-13-10(15-7)6-14-9-5-3-2-4-8(9)11/h2-5H,6H2,1H3. The summed E-state index contributed by atoms with van der Waals surface area (Å²) in [4.78, 5) is 0. The topological polar surface area (TPSA) is 35.0 Å². The monoisotopic (exact) mass is 240 g/mol. The molecule has 0 radical (unpaired) electrons. The maximum absolute atomic E-state index is 5.94. The normalized spacial score (nSPS) is 10.3. The van der Waals surface area contributed by atoms with Crippen molar-refractivity contribution in [2.45, 2.75) is 13.5 Å². The van der Waals surface area contributed by atoms with Gasteiger partial charge in [0.15, 0.2) is 5.01 Å². The summed E-state index contributed by atoms with van der Waals surface area (Å²) in [6, 6.07) is 7.37. The largest absolute Gasteiger partial charge is 0.485 e. The lowest BCUT2D eigenvalue weighted by atomic mass is 10.3. The quantitative estimate of drug-likeness (QED) is 0.827. The molecule has 1 aromatic carbocycles. The van der Waals surface area contributed by atoms with Gasteiger partial charge >= 0.3 is 0 Å². The Morgan fingerprint density at radius 3 is 2.80 bits per heavy atom. The molecule has 0 unspecified atom stereocenters. The van der Waals surface area contributed by atoms with Gasteiger partial charge in [0, 0.05) is 0 Å². The highest BCUT2D eigenvalue weighted by molar-refractivity contribution is 7.11. The Kier molecular flexibility index (Phi) is 3.18. The van der Waals surface area contributed by atoms with Crippen LogP contribution in [-0.4, -0.2) is 10.2 Å². The smallest absolute Gasteiger partial charge is 0.155 e. The third-order valence-electron chi connectivity index (χ3n) is 1.76. The van der Waals surface area contributed by atoms with Crippen LogP contribution in [0.4, 0.5) is 0 Å². The van der Waals surface area contributed by atoms with Crippen molar-refractivity contribution in [3.8, 4) is 5.75 Å². The van der Waals surface area contributed by atoms with E-state index >= 15 is 0 Å². The molecule has 0 atom stereocenters. The molecule has 1 aromatic heterocycles. The van der Waals surface area contributed by atoms with Gasteiger partial charge in [0.25, 0.3) is 0 Å². The van der Waals surface area contributed by atoms with Gasteiger partial charge in [-0.3, -0.25) is 0 Å². The summed E-state index contributed by atoms with van der Waals surface area (Å²) in [7, 11) is 0. The molecule has 1 heterocycles. The van der Waals surface area contributed by atoms with Gasteiger partial charge in [0.1, 0.15) is 17.4 Å². The van der Waals surface area contributed by atoms with E-state index in [1.807, 2.05) is 25.1 Å². The lowest BCUT2D eigenvalue weighted by Gasteiger charge is -2.04. The van der Waals surface area contributed by atoms with Gasteiger partial charge in [-0.15, -0.1) is 10.2 Å². The van der Waals surface area contributed by atoms with Crippen molar-refractivity contribution in [1.29, 1.82) is 0 Å². The van der Waals surface area contributed by atoms with Gasteiger partial charge in [-0.2, -0.15) is 0 Å². The molecule has 0 N–H and O–H groups in total. The van der Waals surface area contributed by atoms with E-state index in [1.165, 1.54) is 11.3 Å². The summed E-state index contributed by atoms with van der Waals surface area (Å²) < 4.78 is 5.51. The average molecular weight is 241 g/mol. The number of para-hydroxylation sites is 1. The predicted octanol–water partition coefficient (Wildman–Crippen LogP) is 3.08. The number of aryl methyl sites for hydroxylation is 1. The lowest BCUT2D eigenvalue weighted by molar-refractivity contribution is 0.304. The van der Waals surface area contributed by atoms with Crippen molar-refractivity contribution >= 4 is 22.9 Å². The third-order valence-corrected chi connectivity index (χ3v) is 2.88. The van der Waals surface area contributed by atoms with Gasteiger partial charge in [0.2, 0.25) is 0 Å². The Balaban J connectivity index is 2.02. The van der Waals surface area contributed by atoms with Gasteiger partial charge in [0.05, 0.1) is 5.02 Å². The van der Waals surface area contributed by atoms with Crippen molar-refractivity contribution < 1.29 is 4.74 Å². The van der Waals surface area contributed by atoms with Crippen molar-refractivity contribution in [2.24, 2.45) is 0 Å². The van der Waals surface area contributed by atoms with Crippen molar-refractivity contribution in [1.82, 2.24) is 10.2 Å². The van der Waals surface area contributed by atoms with E-state index in [0.717, 1.165) is 10.0 Å². The number of nitrogens with zero attached hydrogens (tertiary/aromatic N) is 2. The first-order chi connectivity index (χ1) is 7.25. The molecule has 0 spiro atoms. The van der Waals surface area contributed by atoms with E-state index in [4.69, 9.17) is 16.3 Å². The second kappa shape index (κ2) is 4.59.